The van der Waals surface area contributed by atoms with Crippen molar-refractivity contribution in [2.75, 3.05) is 0 Å². The standard InChI is InChI=1S/C16H19N3O/c1-13(19-12-6-11-17-19)15(20)18-16(9-5-10-16)14-7-3-2-4-8-14/h2-4,6-8,11-13H,5,9-10H2,1H3,(H,18,20). The van der Waals surface area contributed by atoms with Crippen LogP contribution in [0.3, 0.4) is 0 Å². The molecule has 4 nitrogen and oxygen atoms in total. The van der Waals surface area contributed by atoms with Gasteiger partial charge in [0.15, 0.2) is 0 Å². The molecule has 0 bridgehead atoms. The summed E-state index contributed by atoms with van der Waals surface area (Å²) in [7, 11) is 0. The van der Waals surface area contributed by atoms with E-state index in [4.69, 9.17) is 0 Å². The summed E-state index contributed by atoms with van der Waals surface area (Å²) < 4.78 is 1.69. The molecule has 0 aliphatic heterocycles. The molecule has 1 unspecified atom stereocenters. The molecule has 1 aromatic carbocycles. The highest BCUT2D eigenvalue weighted by Crippen LogP contribution is 2.41. The van der Waals surface area contributed by atoms with E-state index in [1.807, 2.05) is 37.4 Å². The van der Waals surface area contributed by atoms with Crippen molar-refractivity contribution < 1.29 is 4.79 Å². The van der Waals surface area contributed by atoms with Gasteiger partial charge in [0.1, 0.15) is 6.04 Å². The van der Waals surface area contributed by atoms with Crippen LogP contribution in [-0.4, -0.2) is 15.7 Å². The Kier molecular flexibility index (Phi) is 3.30. The van der Waals surface area contributed by atoms with E-state index in [2.05, 4.69) is 22.5 Å². The van der Waals surface area contributed by atoms with Crippen molar-refractivity contribution >= 4 is 5.91 Å². The summed E-state index contributed by atoms with van der Waals surface area (Å²) in [5.41, 5.74) is 1.02. The number of hydrogen-bond donors (Lipinski definition) is 1. The van der Waals surface area contributed by atoms with Crippen LogP contribution in [0.5, 0.6) is 0 Å². The van der Waals surface area contributed by atoms with Crippen LogP contribution in [0.1, 0.15) is 37.8 Å². The van der Waals surface area contributed by atoms with Gasteiger partial charge in [-0.15, -0.1) is 0 Å². The lowest BCUT2D eigenvalue weighted by Gasteiger charge is -2.43. The number of aromatic nitrogens is 2. The lowest BCUT2D eigenvalue weighted by Crippen LogP contribution is -2.52. The number of benzene rings is 1. The Morgan fingerprint density at radius 3 is 2.60 bits per heavy atom. The third kappa shape index (κ3) is 2.22. The summed E-state index contributed by atoms with van der Waals surface area (Å²) in [6.07, 6.45) is 6.69. The number of hydrogen-bond acceptors (Lipinski definition) is 2. The Morgan fingerprint density at radius 2 is 2.05 bits per heavy atom. The monoisotopic (exact) mass is 269 g/mol. The highest BCUT2D eigenvalue weighted by atomic mass is 16.2. The Bertz CT molecular complexity index is 573. The third-order valence-corrected chi connectivity index (χ3v) is 4.20. The average molecular weight is 269 g/mol. The van der Waals surface area contributed by atoms with Crippen LogP contribution in [0, 0.1) is 0 Å². The minimum absolute atomic E-state index is 0.0252. The minimum Gasteiger partial charge on any atom is -0.345 e. The van der Waals surface area contributed by atoms with Crippen LogP contribution in [0.4, 0.5) is 0 Å². The topological polar surface area (TPSA) is 46.9 Å². The molecule has 4 heteroatoms. The molecule has 0 saturated heterocycles. The minimum atomic E-state index is -0.286. The normalized spacial score (nSPS) is 18.1. The second kappa shape index (κ2) is 5.12. The zero-order valence-corrected chi connectivity index (χ0v) is 11.6. The van der Waals surface area contributed by atoms with E-state index in [1.165, 1.54) is 5.56 Å². The van der Waals surface area contributed by atoms with E-state index in [-0.39, 0.29) is 17.5 Å². The number of nitrogens with one attached hydrogen (secondary N) is 1. The van der Waals surface area contributed by atoms with Crippen molar-refractivity contribution in [2.24, 2.45) is 0 Å². The summed E-state index contributed by atoms with van der Waals surface area (Å²) in [4.78, 5) is 12.5. The molecule has 2 aromatic rings. The van der Waals surface area contributed by atoms with Crippen LogP contribution in [0.25, 0.3) is 0 Å². The molecule has 1 heterocycles. The van der Waals surface area contributed by atoms with Crippen molar-refractivity contribution in [1.82, 2.24) is 15.1 Å². The zero-order valence-electron chi connectivity index (χ0n) is 11.6. The Balaban J connectivity index is 1.77. The van der Waals surface area contributed by atoms with Gasteiger partial charge < -0.3 is 5.32 Å². The SMILES string of the molecule is CC(C(=O)NC1(c2ccccc2)CCC1)n1cccn1. The van der Waals surface area contributed by atoms with E-state index >= 15 is 0 Å². The van der Waals surface area contributed by atoms with Crippen molar-refractivity contribution in [3.8, 4) is 0 Å². The summed E-state index contributed by atoms with van der Waals surface area (Å²) in [6.45, 7) is 1.87. The fourth-order valence-electron chi connectivity index (χ4n) is 2.74. The molecule has 1 amide bonds. The molecule has 1 fully saturated rings. The maximum absolute atomic E-state index is 12.5. The predicted molar refractivity (Wildman–Crippen MR) is 77.1 cm³/mol. The van der Waals surface area contributed by atoms with Gasteiger partial charge in [-0.25, -0.2) is 0 Å². The molecule has 1 saturated carbocycles. The summed E-state index contributed by atoms with van der Waals surface area (Å²) >= 11 is 0. The molecule has 1 aliphatic rings. The first kappa shape index (κ1) is 12.9. The molecule has 104 valence electrons. The molecule has 1 aliphatic carbocycles. The van der Waals surface area contributed by atoms with Gasteiger partial charge in [0.05, 0.1) is 5.54 Å². The van der Waals surface area contributed by atoms with Crippen molar-refractivity contribution in [3.63, 3.8) is 0 Å². The van der Waals surface area contributed by atoms with Crippen molar-refractivity contribution in [3.05, 3.63) is 54.4 Å². The zero-order chi connectivity index (χ0) is 14.0. The van der Waals surface area contributed by atoms with Gasteiger partial charge in [0.25, 0.3) is 0 Å². The van der Waals surface area contributed by atoms with Crippen LogP contribution in [0.2, 0.25) is 0 Å². The molecule has 0 radical (unpaired) electrons. The van der Waals surface area contributed by atoms with Crippen LogP contribution in [0.15, 0.2) is 48.8 Å². The van der Waals surface area contributed by atoms with Gasteiger partial charge in [0, 0.05) is 12.4 Å². The van der Waals surface area contributed by atoms with Crippen LogP contribution >= 0.6 is 0 Å². The molecular weight excluding hydrogens is 250 g/mol. The molecule has 20 heavy (non-hydrogen) atoms. The maximum atomic E-state index is 12.5. The molecule has 1 N–H and O–H groups in total. The Hall–Kier alpha value is -2.10. The summed E-state index contributed by atoms with van der Waals surface area (Å²) in [6, 6.07) is 11.8. The second-order valence-corrected chi connectivity index (χ2v) is 5.45. The Labute approximate surface area is 118 Å². The Morgan fingerprint density at radius 1 is 1.30 bits per heavy atom. The molecular formula is C16H19N3O. The summed E-state index contributed by atoms with van der Waals surface area (Å²) in [5.74, 6) is 0.0252. The fourth-order valence-corrected chi connectivity index (χ4v) is 2.74. The third-order valence-electron chi connectivity index (χ3n) is 4.20. The number of amides is 1. The maximum Gasteiger partial charge on any atom is 0.245 e. The van der Waals surface area contributed by atoms with Crippen LogP contribution in [-0.2, 0) is 10.3 Å². The van der Waals surface area contributed by atoms with E-state index < -0.39 is 0 Å². The number of carbonyl (C=O) groups excluding carboxylic acids is 1. The number of nitrogens with zero attached hydrogens (tertiary/aromatic N) is 2. The smallest absolute Gasteiger partial charge is 0.245 e. The first-order valence-corrected chi connectivity index (χ1v) is 7.08. The fraction of sp³-hybridized carbons (Fsp3) is 0.375. The summed E-state index contributed by atoms with van der Waals surface area (Å²) in [5, 5.41) is 7.37. The van der Waals surface area contributed by atoms with Crippen LogP contribution < -0.4 is 5.32 Å². The first-order chi connectivity index (χ1) is 9.71. The van der Waals surface area contributed by atoms with E-state index in [0.29, 0.717) is 0 Å². The predicted octanol–water partition coefficient (Wildman–Crippen LogP) is 2.64. The molecule has 0 spiro atoms. The molecule has 3 rings (SSSR count). The van der Waals surface area contributed by atoms with Gasteiger partial charge in [-0.05, 0) is 37.8 Å². The highest BCUT2D eigenvalue weighted by molar-refractivity contribution is 5.81. The molecule has 1 atom stereocenters. The lowest BCUT2D eigenvalue weighted by atomic mass is 9.71. The van der Waals surface area contributed by atoms with Gasteiger partial charge in [-0.3, -0.25) is 9.48 Å². The van der Waals surface area contributed by atoms with Gasteiger partial charge >= 0.3 is 0 Å². The quantitative estimate of drug-likeness (QED) is 0.927. The van der Waals surface area contributed by atoms with Crippen molar-refractivity contribution in [2.45, 2.75) is 37.8 Å². The number of carbonyl (C=O) groups is 1. The molecule has 1 aromatic heterocycles. The largest absolute Gasteiger partial charge is 0.345 e. The van der Waals surface area contributed by atoms with Gasteiger partial charge in [-0.1, -0.05) is 30.3 Å². The average Bonchev–Trinajstić information content (AvgIpc) is 2.97. The van der Waals surface area contributed by atoms with E-state index in [9.17, 15) is 4.79 Å². The van der Waals surface area contributed by atoms with E-state index in [0.717, 1.165) is 19.3 Å². The first-order valence-electron chi connectivity index (χ1n) is 7.08. The van der Waals surface area contributed by atoms with Gasteiger partial charge in [-0.2, -0.15) is 5.10 Å². The second-order valence-electron chi connectivity index (χ2n) is 5.45. The highest BCUT2D eigenvalue weighted by Gasteiger charge is 2.40. The lowest BCUT2D eigenvalue weighted by molar-refractivity contribution is -0.127. The van der Waals surface area contributed by atoms with Gasteiger partial charge in [0.2, 0.25) is 5.91 Å². The van der Waals surface area contributed by atoms with Crippen molar-refractivity contribution in [1.29, 1.82) is 0 Å². The van der Waals surface area contributed by atoms with E-state index in [1.54, 1.807) is 10.9 Å². The number of rotatable bonds is 4.